The Labute approximate surface area is 95.0 Å². The largest absolute Gasteiger partial charge is 0.300 e. The van der Waals surface area contributed by atoms with Crippen LogP contribution in [0.3, 0.4) is 0 Å². The molecule has 1 aromatic heterocycles. The lowest BCUT2D eigenvalue weighted by Crippen LogP contribution is -1.95. The summed E-state index contributed by atoms with van der Waals surface area (Å²) in [7, 11) is 0. The summed E-state index contributed by atoms with van der Waals surface area (Å²) >= 11 is 0. The number of pyridine rings is 1. The molecule has 2 aromatic rings. The van der Waals surface area contributed by atoms with E-state index in [0.29, 0.717) is 6.42 Å². The van der Waals surface area contributed by atoms with Crippen LogP contribution in [0.15, 0.2) is 48.8 Å². The van der Waals surface area contributed by atoms with Crippen LogP contribution in [0.5, 0.6) is 0 Å². The molecule has 80 valence electrons. The maximum absolute atomic E-state index is 11.0. The third-order valence-corrected chi connectivity index (χ3v) is 2.42. The monoisotopic (exact) mass is 211 g/mol. The first-order chi connectivity index (χ1) is 7.75. The number of rotatable bonds is 3. The van der Waals surface area contributed by atoms with Crippen molar-refractivity contribution in [1.29, 1.82) is 0 Å². The SMILES string of the molecule is CC(=O)Cc1ccc(-c2ccncc2)cc1. The Balaban J connectivity index is 2.23. The zero-order chi connectivity index (χ0) is 11.4. The predicted octanol–water partition coefficient (Wildman–Crippen LogP) is 2.88. The van der Waals surface area contributed by atoms with Gasteiger partial charge in [-0.15, -0.1) is 0 Å². The van der Waals surface area contributed by atoms with Gasteiger partial charge in [-0.25, -0.2) is 0 Å². The van der Waals surface area contributed by atoms with Crippen molar-refractivity contribution in [2.75, 3.05) is 0 Å². The first-order valence-corrected chi connectivity index (χ1v) is 5.24. The lowest BCUT2D eigenvalue weighted by molar-refractivity contribution is -0.116. The molecular formula is C14H13NO. The lowest BCUT2D eigenvalue weighted by atomic mass is 10.0. The van der Waals surface area contributed by atoms with E-state index in [2.05, 4.69) is 4.98 Å². The van der Waals surface area contributed by atoms with E-state index in [1.807, 2.05) is 36.4 Å². The maximum Gasteiger partial charge on any atom is 0.134 e. The van der Waals surface area contributed by atoms with E-state index in [4.69, 9.17) is 0 Å². The summed E-state index contributed by atoms with van der Waals surface area (Å²) in [5.74, 6) is 0.191. The molecule has 0 aliphatic carbocycles. The number of hydrogen-bond acceptors (Lipinski definition) is 2. The van der Waals surface area contributed by atoms with Crippen LogP contribution in [0.25, 0.3) is 11.1 Å². The van der Waals surface area contributed by atoms with Crippen LogP contribution in [-0.2, 0) is 11.2 Å². The number of nitrogens with zero attached hydrogens (tertiary/aromatic N) is 1. The number of hydrogen-bond donors (Lipinski definition) is 0. The standard InChI is InChI=1S/C14H13NO/c1-11(16)10-12-2-4-13(5-3-12)14-6-8-15-9-7-14/h2-9H,10H2,1H3. The van der Waals surface area contributed by atoms with Gasteiger partial charge in [-0.2, -0.15) is 0 Å². The molecule has 0 bridgehead atoms. The fourth-order valence-electron chi connectivity index (χ4n) is 1.65. The molecule has 0 spiro atoms. The van der Waals surface area contributed by atoms with Crippen LogP contribution in [0.1, 0.15) is 12.5 Å². The molecule has 0 saturated heterocycles. The second-order valence-corrected chi connectivity index (χ2v) is 3.81. The van der Waals surface area contributed by atoms with Gasteiger partial charge in [0.05, 0.1) is 0 Å². The van der Waals surface area contributed by atoms with Gasteiger partial charge in [-0.3, -0.25) is 9.78 Å². The van der Waals surface area contributed by atoms with Gasteiger partial charge in [-0.1, -0.05) is 24.3 Å². The Morgan fingerprint density at radius 2 is 1.56 bits per heavy atom. The molecule has 0 fully saturated rings. The number of ketones is 1. The Bertz CT molecular complexity index is 474. The van der Waals surface area contributed by atoms with Gasteiger partial charge in [0.25, 0.3) is 0 Å². The van der Waals surface area contributed by atoms with Crippen molar-refractivity contribution in [2.45, 2.75) is 13.3 Å². The van der Waals surface area contributed by atoms with Crippen molar-refractivity contribution in [3.05, 3.63) is 54.4 Å². The zero-order valence-corrected chi connectivity index (χ0v) is 9.18. The third-order valence-electron chi connectivity index (χ3n) is 2.42. The smallest absolute Gasteiger partial charge is 0.134 e. The van der Waals surface area contributed by atoms with Crippen molar-refractivity contribution in [2.24, 2.45) is 0 Å². The van der Waals surface area contributed by atoms with Crippen LogP contribution in [0, 0.1) is 0 Å². The van der Waals surface area contributed by atoms with Crippen LogP contribution < -0.4 is 0 Å². The quantitative estimate of drug-likeness (QED) is 0.781. The molecule has 0 aliphatic rings. The van der Waals surface area contributed by atoms with Crippen LogP contribution >= 0.6 is 0 Å². The van der Waals surface area contributed by atoms with Crippen LogP contribution in [0.4, 0.5) is 0 Å². The lowest BCUT2D eigenvalue weighted by Gasteiger charge is -2.02. The highest BCUT2D eigenvalue weighted by Crippen LogP contribution is 2.18. The Kier molecular flexibility index (Phi) is 3.10. The van der Waals surface area contributed by atoms with Crippen LogP contribution in [0.2, 0.25) is 0 Å². The topological polar surface area (TPSA) is 30.0 Å². The number of benzene rings is 1. The van der Waals surface area contributed by atoms with Gasteiger partial charge in [0.2, 0.25) is 0 Å². The number of Topliss-reactive ketones (excluding diaryl/α,β-unsaturated/α-hetero) is 1. The van der Waals surface area contributed by atoms with Crippen molar-refractivity contribution < 1.29 is 4.79 Å². The van der Waals surface area contributed by atoms with E-state index in [1.165, 1.54) is 0 Å². The Morgan fingerprint density at radius 3 is 2.12 bits per heavy atom. The summed E-state index contributed by atoms with van der Waals surface area (Å²) in [6, 6.07) is 12.0. The minimum Gasteiger partial charge on any atom is -0.300 e. The molecule has 0 unspecified atom stereocenters. The summed E-state index contributed by atoms with van der Waals surface area (Å²) in [5.41, 5.74) is 3.35. The van der Waals surface area contributed by atoms with E-state index >= 15 is 0 Å². The number of carbonyl (C=O) groups excluding carboxylic acids is 1. The molecule has 1 aromatic carbocycles. The van der Waals surface area contributed by atoms with Crippen molar-refractivity contribution in [1.82, 2.24) is 4.98 Å². The summed E-state index contributed by atoms with van der Waals surface area (Å²) < 4.78 is 0. The summed E-state index contributed by atoms with van der Waals surface area (Å²) in [6.07, 6.45) is 4.06. The summed E-state index contributed by atoms with van der Waals surface area (Å²) in [4.78, 5) is 14.9. The molecule has 2 heteroatoms. The van der Waals surface area contributed by atoms with Crippen LogP contribution in [-0.4, -0.2) is 10.8 Å². The molecule has 0 aliphatic heterocycles. The number of carbonyl (C=O) groups is 1. The zero-order valence-electron chi connectivity index (χ0n) is 9.18. The molecule has 16 heavy (non-hydrogen) atoms. The average Bonchev–Trinajstić information content (AvgIpc) is 2.30. The van der Waals surface area contributed by atoms with Gasteiger partial charge < -0.3 is 0 Å². The Morgan fingerprint density at radius 1 is 1.00 bits per heavy atom. The fraction of sp³-hybridized carbons (Fsp3) is 0.143. The van der Waals surface area contributed by atoms with E-state index in [-0.39, 0.29) is 5.78 Å². The minimum atomic E-state index is 0.191. The first kappa shape index (κ1) is 10.6. The summed E-state index contributed by atoms with van der Waals surface area (Å²) in [5, 5.41) is 0. The highest BCUT2D eigenvalue weighted by molar-refractivity contribution is 5.78. The normalized spacial score (nSPS) is 10.1. The minimum absolute atomic E-state index is 0.191. The van der Waals surface area contributed by atoms with E-state index in [9.17, 15) is 4.79 Å². The predicted molar refractivity (Wildman–Crippen MR) is 64.1 cm³/mol. The summed E-state index contributed by atoms with van der Waals surface area (Å²) in [6.45, 7) is 1.61. The molecule has 1 heterocycles. The molecule has 2 rings (SSSR count). The molecule has 0 radical (unpaired) electrons. The molecule has 0 atom stereocenters. The molecule has 2 nitrogen and oxygen atoms in total. The highest BCUT2D eigenvalue weighted by Gasteiger charge is 1.99. The van der Waals surface area contributed by atoms with Gasteiger partial charge in [0, 0.05) is 18.8 Å². The average molecular weight is 211 g/mol. The van der Waals surface area contributed by atoms with E-state index < -0.39 is 0 Å². The maximum atomic E-state index is 11.0. The highest BCUT2D eigenvalue weighted by atomic mass is 16.1. The fourth-order valence-corrected chi connectivity index (χ4v) is 1.65. The second kappa shape index (κ2) is 4.71. The van der Waals surface area contributed by atoms with E-state index in [1.54, 1.807) is 19.3 Å². The van der Waals surface area contributed by atoms with Gasteiger partial charge >= 0.3 is 0 Å². The van der Waals surface area contributed by atoms with Crippen molar-refractivity contribution in [3.63, 3.8) is 0 Å². The van der Waals surface area contributed by atoms with Crippen molar-refractivity contribution >= 4 is 5.78 Å². The molecule has 0 N–H and O–H groups in total. The van der Waals surface area contributed by atoms with Gasteiger partial charge in [0.15, 0.2) is 0 Å². The Hall–Kier alpha value is -1.96. The molecule has 0 amide bonds. The number of aromatic nitrogens is 1. The van der Waals surface area contributed by atoms with Gasteiger partial charge in [0.1, 0.15) is 5.78 Å². The van der Waals surface area contributed by atoms with E-state index in [0.717, 1.165) is 16.7 Å². The molecular weight excluding hydrogens is 198 g/mol. The third kappa shape index (κ3) is 2.54. The first-order valence-electron chi connectivity index (χ1n) is 5.24. The van der Waals surface area contributed by atoms with Gasteiger partial charge in [-0.05, 0) is 35.7 Å². The van der Waals surface area contributed by atoms with Crippen molar-refractivity contribution in [3.8, 4) is 11.1 Å². The second-order valence-electron chi connectivity index (χ2n) is 3.81. The molecule has 0 saturated carbocycles.